The summed E-state index contributed by atoms with van der Waals surface area (Å²) in [5, 5.41) is 4.71. The topological polar surface area (TPSA) is 94.6 Å². The number of hydrogen-bond donors (Lipinski definition) is 2. The first-order chi connectivity index (χ1) is 16.0. The van der Waals surface area contributed by atoms with E-state index < -0.39 is 0 Å². The molecule has 3 aromatic rings. The molecule has 0 aliphatic carbocycles. The Kier molecular flexibility index (Phi) is 5.89. The van der Waals surface area contributed by atoms with Crippen molar-refractivity contribution in [2.75, 3.05) is 16.9 Å². The van der Waals surface area contributed by atoms with Crippen molar-refractivity contribution in [2.45, 2.75) is 32.4 Å². The smallest absolute Gasteiger partial charge is 0.257 e. The van der Waals surface area contributed by atoms with Crippen LogP contribution in [-0.2, 0) is 29.1 Å². The van der Waals surface area contributed by atoms with Gasteiger partial charge in [-0.15, -0.1) is 11.3 Å². The number of rotatable bonds is 5. The number of carbonyl (C=O) groups is 3. The number of benzene rings is 2. The summed E-state index contributed by atoms with van der Waals surface area (Å²) >= 11 is 1.51. The molecule has 2 aliphatic rings. The lowest BCUT2D eigenvalue weighted by Gasteiger charge is -2.27. The van der Waals surface area contributed by atoms with E-state index in [0.29, 0.717) is 16.4 Å². The van der Waals surface area contributed by atoms with Crippen LogP contribution in [0.3, 0.4) is 0 Å². The Labute approximate surface area is 195 Å². The van der Waals surface area contributed by atoms with Crippen LogP contribution in [0.4, 0.5) is 10.8 Å². The van der Waals surface area contributed by atoms with E-state index in [4.69, 9.17) is 0 Å². The van der Waals surface area contributed by atoms with Gasteiger partial charge in [0.15, 0.2) is 5.13 Å². The molecule has 0 radical (unpaired) electrons. The highest BCUT2D eigenvalue weighted by Crippen LogP contribution is 2.29. The highest BCUT2D eigenvalue weighted by Gasteiger charge is 2.25. The number of anilines is 2. The second-order valence-corrected chi connectivity index (χ2v) is 9.18. The molecule has 8 nitrogen and oxygen atoms in total. The number of fused-ring (bicyclic) bond motifs is 1. The van der Waals surface area contributed by atoms with E-state index >= 15 is 0 Å². The van der Waals surface area contributed by atoms with Gasteiger partial charge in [0.05, 0.1) is 11.4 Å². The third kappa shape index (κ3) is 4.79. The highest BCUT2D eigenvalue weighted by atomic mass is 32.1. The Morgan fingerprint density at radius 2 is 1.82 bits per heavy atom. The summed E-state index contributed by atoms with van der Waals surface area (Å²) in [4.78, 5) is 44.6. The van der Waals surface area contributed by atoms with E-state index in [2.05, 4.69) is 44.9 Å². The van der Waals surface area contributed by atoms with Crippen LogP contribution in [0.15, 0.2) is 54.6 Å². The molecule has 0 unspecified atom stereocenters. The molecular formula is C24H23N5O3S. The Balaban J connectivity index is 1.22. The average Bonchev–Trinajstić information content (AvgIpc) is 3.23. The number of hydrazine groups is 1. The van der Waals surface area contributed by atoms with Gasteiger partial charge >= 0.3 is 0 Å². The van der Waals surface area contributed by atoms with Gasteiger partial charge in [-0.05, 0) is 29.8 Å². The summed E-state index contributed by atoms with van der Waals surface area (Å²) < 4.78 is 0. The second kappa shape index (κ2) is 9.13. The van der Waals surface area contributed by atoms with Crippen molar-refractivity contribution in [1.82, 2.24) is 15.3 Å². The predicted molar refractivity (Wildman–Crippen MR) is 126 cm³/mol. The van der Waals surface area contributed by atoms with E-state index in [1.54, 1.807) is 24.3 Å². The van der Waals surface area contributed by atoms with Crippen molar-refractivity contribution < 1.29 is 14.4 Å². The van der Waals surface area contributed by atoms with Crippen molar-refractivity contribution >= 4 is 39.9 Å². The summed E-state index contributed by atoms with van der Waals surface area (Å²) in [5.74, 6) is -0.643. The normalized spacial score (nSPS) is 16.3. The van der Waals surface area contributed by atoms with Crippen LogP contribution in [0.25, 0.3) is 0 Å². The van der Waals surface area contributed by atoms with Crippen LogP contribution in [0.5, 0.6) is 0 Å². The van der Waals surface area contributed by atoms with Gasteiger partial charge in [0, 0.05) is 49.3 Å². The first-order valence-electron chi connectivity index (χ1n) is 10.8. The van der Waals surface area contributed by atoms with Gasteiger partial charge in [-0.1, -0.05) is 30.3 Å². The summed E-state index contributed by atoms with van der Waals surface area (Å²) in [6.07, 6.45) is 1.22. The fourth-order valence-corrected chi connectivity index (χ4v) is 5.04. The van der Waals surface area contributed by atoms with Crippen LogP contribution < -0.4 is 15.8 Å². The van der Waals surface area contributed by atoms with Gasteiger partial charge in [0.25, 0.3) is 5.91 Å². The molecule has 33 heavy (non-hydrogen) atoms. The molecule has 2 aliphatic heterocycles. The minimum Gasteiger partial charge on any atom is -0.298 e. The molecule has 168 valence electrons. The third-order valence-electron chi connectivity index (χ3n) is 5.72. The maximum absolute atomic E-state index is 12.7. The second-order valence-electron chi connectivity index (χ2n) is 8.10. The molecule has 1 saturated heterocycles. The van der Waals surface area contributed by atoms with Gasteiger partial charge < -0.3 is 0 Å². The Morgan fingerprint density at radius 3 is 2.61 bits per heavy atom. The van der Waals surface area contributed by atoms with Crippen LogP contribution in [0.2, 0.25) is 0 Å². The van der Waals surface area contributed by atoms with Crippen molar-refractivity contribution in [1.29, 1.82) is 0 Å². The van der Waals surface area contributed by atoms with Gasteiger partial charge in [0.2, 0.25) is 11.8 Å². The van der Waals surface area contributed by atoms with Crippen molar-refractivity contribution in [3.8, 4) is 0 Å². The van der Waals surface area contributed by atoms with E-state index in [9.17, 15) is 14.4 Å². The zero-order valence-corrected chi connectivity index (χ0v) is 18.7. The lowest BCUT2D eigenvalue weighted by molar-refractivity contribution is -0.130. The first kappa shape index (κ1) is 21.3. The molecular weight excluding hydrogens is 438 g/mol. The monoisotopic (exact) mass is 461 g/mol. The molecule has 0 bridgehead atoms. The molecule has 2 aromatic carbocycles. The maximum atomic E-state index is 12.7. The van der Waals surface area contributed by atoms with E-state index in [-0.39, 0.29) is 30.6 Å². The molecule has 0 spiro atoms. The summed E-state index contributed by atoms with van der Waals surface area (Å²) in [5.41, 5.74) is 5.86. The maximum Gasteiger partial charge on any atom is 0.257 e. The SMILES string of the molecule is O=C1CCC(=O)N(c2ccc(C(=O)Nc3nc4c(s3)CN(Cc3ccccc3)CC4)cc2)N1. The first-order valence-corrected chi connectivity index (χ1v) is 11.7. The standard InChI is InChI=1S/C24H23N5O3S/c30-21-10-11-22(31)29(27-21)18-8-6-17(7-9-18)23(32)26-24-25-19-12-13-28(15-20(19)33-24)14-16-4-2-1-3-5-16/h1-9H,10-15H2,(H,27,30)(H,25,26,32). The molecule has 5 rings (SSSR count). The molecule has 0 saturated carbocycles. The molecule has 3 heterocycles. The van der Waals surface area contributed by atoms with Gasteiger partial charge in [0.1, 0.15) is 0 Å². The van der Waals surface area contributed by atoms with E-state index in [1.807, 2.05) is 6.07 Å². The number of nitrogens with one attached hydrogen (secondary N) is 2. The molecule has 1 aromatic heterocycles. The number of aromatic nitrogens is 1. The summed E-state index contributed by atoms with van der Waals surface area (Å²) in [7, 11) is 0. The zero-order valence-electron chi connectivity index (χ0n) is 17.9. The minimum atomic E-state index is -0.261. The lowest BCUT2D eigenvalue weighted by atomic mass is 10.1. The van der Waals surface area contributed by atoms with Gasteiger partial charge in [-0.25, -0.2) is 9.99 Å². The summed E-state index contributed by atoms with van der Waals surface area (Å²) in [6.45, 7) is 2.65. The number of amides is 3. The van der Waals surface area contributed by atoms with Crippen LogP contribution in [0, 0.1) is 0 Å². The van der Waals surface area contributed by atoms with E-state index in [0.717, 1.165) is 31.7 Å². The van der Waals surface area contributed by atoms with E-state index in [1.165, 1.54) is 26.8 Å². The fourth-order valence-electron chi connectivity index (χ4n) is 3.99. The Morgan fingerprint density at radius 1 is 1.03 bits per heavy atom. The summed E-state index contributed by atoms with van der Waals surface area (Å²) in [6, 6.07) is 17.0. The molecule has 9 heteroatoms. The number of nitrogens with zero attached hydrogens (tertiary/aromatic N) is 3. The van der Waals surface area contributed by atoms with Gasteiger partial charge in [-0.2, -0.15) is 0 Å². The average molecular weight is 462 g/mol. The minimum absolute atomic E-state index is 0.172. The van der Waals surface area contributed by atoms with Crippen LogP contribution in [0.1, 0.15) is 39.3 Å². The molecule has 0 atom stereocenters. The lowest BCUT2D eigenvalue weighted by Crippen LogP contribution is -2.50. The quantitative estimate of drug-likeness (QED) is 0.609. The van der Waals surface area contributed by atoms with Crippen LogP contribution in [-0.4, -0.2) is 34.2 Å². The largest absolute Gasteiger partial charge is 0.298 e. The van der Waals surface area contributed by atoms with Gasteiger partial charge in [-0.3, -0.25) is 30.0 Å². The number of hydrogen-bond acceptors (Lipinski definition) is 6. The Hall–Kier alpha value is -3.56. The third-order valence-corrected chi connectivity index (χ3v) is 6.72. The fraction of sp³-hybridized carbons (Fsp3) is 0.250. The Bertz CT molecular complexity index is 1190. The number of thiazole rings is 1. The van der Waals surface area contributed by atoms with Crippen molar-refractivity contribution in [3.05, 3.63) is 76.3 Å². The van der Waals surface area contributed by atoms with Crippen molar-refractivity contribution in [3.63, 3.8) is 0 Å². The van der Waals surface area contributed by atoms with Crippen LogP contribution >= 0.6 is 11.3 Å². The predicted octanol–water partition coefficient (Wildman–Crippen LogP) is 3.11. The molecule has 3 amide bonds. The van der Waals surface area contributed by atoms with Crippen molar-refractivity contribution in [2.24, 2.45) is 0 Å². The highest BCUT2D eigenvalue weighted by molar-refractivity contribution is 7.15. The molecule has 2 N–H and O–H groups in total. The molecule has 1 fully saturated rings. The zero-order chi connectivity index (χ0) is 22.8. The number of carbonyl (C=O) groups excluding carboxylic acids is 3.